The first-order valence-corrected chi connectivity index (χ1v) is 8.21. The quantitative estimate of drug-likeness (QED) is 0.627. The maximum Gasteiger partial charge on any atom is 0.214 e. The minimum absolute atomic E-state index is 0.780. The van der Waals surface area contributed by atoms with Crippen LogP contribution in [0.25, 0.3) is 16.2 Å². The molecule has 1 aliphatic carbocycles. The number of benzene rings is 2. The van der Waals surface area contributed by atoms with Gasteiger partial charge in [-0.05, 0) is 47.6 Å². The Balaban J connectivity index is 1.89. The van der Waals surface area contributed by atoms with Gasteiger partial charge in [-0.15, -0.1) is 0 Å². The molecule has 0 N–H and O–H groups in total. The first-order valence-electron chi connectivity index (χ1n) is 8.21. The van der Waals surface area contributed by atoms with Crippen molar-refractivity contribution in [3.63, 3.8) is 0 Å². The molecule has 0 spiro atoms. The fourth-order valence-corrected chi connectivity index (χ4v) is 5.65. The van der Waals surface area contributed by atoms with E-state index in [9.17, 15) is 0 Å². The van der Waals surface area contributed by atoms with Crippen molar-refractivity contribution in [3.05, 3.63) is 46.5 Å². The molecule has 3 heterocycles. The van der Waals surface area contributed by atoms with Crippen LogP contribution in [0.2, 0.25) is 5.82 Å². The zero-order chi connectivity index (χ0) is 12.8. The summed E-state index contributed by atoms with van der Waals surface area (Å²) in [6.07, 6.45) is 8.19. The standard InChI is InChI=1S/C19H17B/c1-2-12-4-6-14-8-10-15-9-7-13-5-3-11(1)16-17(12)19(14)20(15)18(13)16/h1-3,5,15H,4,6-10H2. The van der Waals surface area contributed by atoms with E-state index in [1.54, 1.807) is 33.0 Å². The molecule has 1 atom stereocenters. The van der Waals surface area contributed by atoms with E-state index in [2.05, 4.69) is 24.3 Å². The Hall–Kier alpha value is -1.50. The van der Waals surface area contributed by atoms with Crippen molar-refractivity contribution < 1.29 is 0 Å². The summed E-state index contributed by atoms with van der Waals surface area (Å²) >= 11 is 0. The third kappa shape index (κ3) is 0.984. The lowest BCUT2D eigenvalue weighted by molar-refractivity contribution is 0.638. The van der Waals surface area contributed by atoms with Gasteiger partial charge >= 0.3 is 0 Å². The van der Waals surface area contributed by atoms with Crippen molar-refractivity contribution in [2.75, 3.05) is 0 Å². The molecule has 0 bridgehead atoms. The molecule has 2 aromatic carbocycles. The minimum Gasteiger partial charge on any atom is -0.0744 e. The molecule has 96 valence electrons. The molecular formula is C19H17B. The van der Waals surface area contributed by atoms with Crippen molar-refractivity contribution in [3.8, 4) is 0 Å². The number of hydrogen-bond acceptors (Lipinski definition) is 0. The van der Waals surface area contributed by atoms with Crippen LogP contribution >= 0.6 is 0 Å². The number of allylic oxidation sites excluding steroid dienone is 1. The van der Waals surface area contributed by atoms with Gasteiger partial charge in [0.05, 0.1) is 0 Å². The number of hydrogen-bond donors (Lipinski definition) is 0. The second-order valence-electron chi connectivity index (χ2n) is 7.17. The summed E-state index contributed by atoms with van der Waals surface area (Å²) in [5, 5.41) is 3.15. The van der Waals surface area contributed by atoms with Gasteiger partial charge in [-0.2, -0.15) is 0 Å². The summed E-state index contributed by atoms with van der Waals surface area (Å²) in [6, 6.07) is 9.59. The molecule has 0 saturated heterocycles. The normalized spacial score (nSPS) is 25.0. The molecular weight excluding hydrogens is 239 g/mol. The van der Waals surface area contributed by atoms with Crippen LogP contribution in [0.1, 0.15) is 42.4 Å². The van der Waals surface area contributed by atoms with Crippen LogP contribution in [0.5, 0.6) is 0 Å². The van der Waals surface area contributed by atoms with Crippen LogP contribution in [0, 0.1) is 0 Å². The molecule has 0 aromatic heterocycles. The van der Waals surface area contributed by atoms with Crippen LogP contribution in [-0.4, -0.2) is 6.71 Å². The maximum absolute atomic E-state index is 2.42. The zero-order valence-corrected chi connectivity index (χ0v) is 11.7. The van der Waals surface area contributed by atoms with Gasteiger partial charge in [0.15, 0.2) is 0 Å². The highest BCUT2D eigenvalue weighted by Gasteiger charge is 2.46. The summed E-state index contributed by atoms with van der Waals surface area (Å²) < 4.78 is 0. The molecule has 1 unspecified atom stereocenters. The van der Waals surface area contributed by atoms with Crippen molar-refractivity contribution in [2.45, 2.75) is 44.3 Å². The van der Waals surface area contributed by atoms with Crippen molar-refractivity contribution in [1.82, 2.24) is 0 Å². The van der Waals surface area contributed by atoms with Gasteiger partial charge < -0.3 is 0 Å². The van der Waals surface area contributed by atoms with E-state index in [0.717, 1.165) is 12.5 Å². The van der Waals surface area contributed by atoms with Gasteiger partial charge in [-0.3, -0.25) is 0 Å². The Labute approximate surface area is 120 Å². The molecule has 20 heavy (non-hydrogen) atoms. The van der Waals surface area contributed by atoms with Crippen molar-refractivity contribution >= 4 is 28.4 Å². The fourth-order valence-electron chi connectivity index (χ4n) is 5.65. The lowest BCUT2D eigenvalue weighted by Gasteiger charge is -2.36. The number of aryl methyl sites for hydroxylation is 2. The second-order valence-corrected chi connectivity index (χ2v) is 7.17. The maximum atomic E-state index is 2.42. The van der Waals surface area contributed by atoms with Crippen LogP contribution in [-0.2, 0) is 12.8 Å². The fraction of sp³-hybridized carbons (Fsp3) is 0.368. The average molecular weight is 256 g/mol. The molecule has 0 radical (unpaired) electrons. The molecule has 4 aliphatic rings. The molecule has 1 heteroatoms. The van der Waals surface area contributed by atoms with Gasteiger partial charge in [0.2, 0.25) is 6.71 Å². The Morgan fingerprint density at radius 3 is 2.65 bits per heavy atom. The van der Waals surface area contributed by atoms with E-state index in [1.165, 1.54) is 43.9 Å². The lowest BCUT2D eigenvalue weighted by atomic mass is 9.28. The predicted octanol–water partition coefficient (Wildman–Crippen LogP) is 3.90. The van der Waals surface area contributed by atoms with Crippen LogP contribution in [0.4, 0.5) is 0 Å². The average Bonchev–Trinajstić information content (AvgIpc) is 2.88. The Kier molecular flexibility index (Phi) is 1.65. The van der Waals surface area contributed by atoms with Gasteiger partial charge in [-0.25, -0.2) is 0 Å². The first-order chi connectivity index (χ1) is 9.92. The van der Waals surface area contributed by atoms with E-state index in [1.807, 2.05) is 5.57 Å². The molecule has 0 nitrogen and oxygen atoms in total. The molecule has 2 aromatic rings. The Morgan fingerprint density at radius 1 is 0.850 bits per heavy atom. The topological polar surface area (TPSA) is 0 Å². The van der Waals surface area contributed by atoms with E-state index >= 15 is 0 Å². The zero-order valence-electron chi connectivity index (χ0n) is 11.7. The highest BCUT2D eigenvalue weighted by Crippen LogP contribution is 2.52. The third-order valence-corrected chi connectivity index (χ3v) is 6.44. The minimum atomic E-state index is 0.780. The summed E-state index contributed by atoms with van der Waals surface area (Å²) in [5.74, 6) is 0.935. The third-order valence-electron chi connectivity index (χ3n) is 6.44. The Bertz CT molecular complexity index is 827. The molecule has 0 amide bonds. The van der Waals surface area contributed by atoms with E-state index in [4.69, 9.17) is 0 Å². The molecule has 6 rings (SSSR count). The van der Waals surface area contributed by atoms with E-state index < -0.39 is 0 Å². The first kappa shape index (κ1) is 10.3. The summed E-state index contributed by atoms with van der Waals surface area (Å²) in [5.41, 5.74) is 10.4. The van der Waals surface area contributed by atoms with Gasteiger partial charge in [-0.1, -0.05) is 65.0 Å². The molecule has 3 aliphatic heterocycles. The predicted molar refractivity (Wildman–Crippen MR) is 85.9 cm³/mol. The van der Waals surface area contributed by atoms with Gasteiger partial charge in [0.1, 0.15) is 0 Å². The largest absolute Gasteiger partial charge is 0.214 e. The molecule has 0 saturated carbocycles. The SMILES string of the molecule is c1cc2ccc3c4c2c2c1CCC1CCC(=C4B21)CC3. The van der Waals surface area contributed by atoms with E-state index in [0.29, 0.717) is 0 Å². The van der Waals surface area contributed by atoms with E-state index in [-0.39, 0.29) is 0 Å². The summed E-state index contributed by atoms with van der Waals surface area (Å²) in [7, 11) is 0. The highest BCUT2D eigenvalue weighted by atomic mass is 14.3. The van der Waals surface area contributed by atoms with Crippen LogP contribution in [0.15, 0.2) is 29.8 Å². The van der Waals surface area contributed by atoms with Crippen LogP contribution < -0.4 is 5.46 Å². The second kappa shape index (κ2) is 3.22. The Morgan fingerprint density at radius 2 is 1.70 bits per heavy atom. The monoisotopic (exact) mass is 256 g/mol. The van der Waals surface area contributed by atoms with Crippen molar-refractivity contribution in [1.29, 1.82) is 0 Å². The smallest absolute Gasteiger partial charge is 0.0744 e. The highest BCUT2D eigenvalue weighted by molar-refractivity contribution is 6.96. The van der Waals surface area contributed by atoms with Crippen molar-refractivity contribution in [2.24, 2.45) is 0 Å². The summed E-state index contributed by atoms with van der Waals surface area (Å²) in [4.78, 5) is 0. The number of rotatable bonds is 0. The molecule has 0 fully saturated rings. The summed E-state index contributed by atoms with van der Waals surface area (Å²) in [6.45, 7) is 0.780. The lowest BCUT2D eigenvalue weighted by Crippen LogP contribution is -2.41. The van der Waals surface area contributed by atoms with Gasteiger partial charge in [0, 0.05) is 0 Å². The van der Waals surface area contributed by atoms with Crippen LogP contribution in [0.3, 0.4) is 0 Å². The van der Waals surface area contributed by atoms with Gasteiger partial charge in [0.25, 0.3) is 0 Å².